The first kappa shape index (κ1) is 13.4. The van der Waals surface area contributed by atoms with Crippen molar-refractivity contribution in [2.45, 2.75) is 13.5 Å². The maximum atomic E-state index is 10.9. The fourth-order valence-electron chi connectivity index (χ4n) is 1.73. The molecule has 0 aliphatic heterocycles. The second kappa shape index (κ2) is 5.76. The van der Waals surface area contributed by atoms with Crippen molar-refractivity contribution in [3.05, 3.63) is 64.2 Å². The van der Waals surface area contributed by atoms with Gasteiger partial charge in [0.1, 0.15) is 12.4 Å². The van der Waals surface area contributed by atoms with Crippen molar-refractivity contribution >= 4 is 17.6 Å². The molecule has 0 heterocycles. The summed E-state index contributed by atoms with van der Waals surface area (Å²) in [5.74, 6) is -0.199. The molecule has 0 unspecified atom stereocenters. The minimum absolute atomic E-state index is 0.258. The molecule has 0 aliphatic carbocycles. The maximum Gasteiger partial charge on any atom is 0.335 e. The third-order valence-electron chi connectivity index (χ3n) is 2.71. The molecule has 3 nitrogen and oxygen atoms in total. The Hall–Kier alpha value is -2.00. The summed E-state index contributed by atoms with van der Waals surface area (Å²) in [6.45, 7) is 2.23. The number of halogens is 1. The highest BCUT2D eigenvalue weighted by molar-refractivity contribution is 6.30. The first-order chi connectivity index (χ1) is 9.06. The molecule has 0 aliphatic rings. The Kier molecular flexibility index (Phi) is 4.07. The van der Waals surface area contributed by atoms with Gasteiger partial charge in [-0.3, -0.25) is 0 Å². The van der Waals surface area contributed by atoms with Gasteiger partial charge in [0, 0.05) is 5.02 Å². The van der Waals surface area contributed by atoms with Crippen LogP contribution in [0.4, 0.5) is 0 Å². The van der Waals surface area contributed by atoms with Crippen molar-refractivity contribution in [3.63, 3.8) is 0 Å². The second-order valence-corrected chi connectivity index (χ2v) is 4.64. The Labute approximate surface area is 116 Å². The van der Waals surface area contributed by atoms with Crippen LogP contribution in [-0.2, 0) is 6.61 Å². The Balaban J connectivity index is 2.10. The highest BCUT2D eigenvalue weighted by Crippen LogP contribution is 2.22. The summed E-state index contributed by atoms with van der Waals surface area (Å²) < 4.78 is 5.66. The molecule has 2 aromatic rings. The highest BCUT2D eigenvalue weighted by Gasteiger charge is 2.05. The van der Waals surface area contributed by atoms with Gasteiger partial charge in [-0.15, -0.1) is 0 Å². The van der Waals surface area contributed by atoms with Crippen molar-refractivity contribution in [2.75, 3.05) is 0 Å². The van der Waals surface area contributed by atoms with Crippen LogP contribution in [-0.4, -0.2) is 11.1 Å². The van der Waals surface area contributed by atoms with Crippen LogP contribution in [0.2, 0.25) is 5.02 Å². The van der Waals surface area contributed by atoms with Crippen LogP contribution in [0, 0.1) is 6.92 Å². The van der Waals surface area contributed by atoms with Crippen molar-refractivity contribution in [2.24, 2.45) is 0 Å². The van der Waals surface area contributed by atoms with Crippen molar-refractivity contribution in [1.82, 2.24) is 0 Å². The lowest BCUT2D eigenvalue weighted by Crippen LogP contribution is -2.00. The topological polar surface area (TPSA) is 46.5 Å². The van der Waals surface area contributed by atoms with E-state index >= 15 is 0 Å². The van der Waals surface area contributed by atoms with E-state index in [-0.39, 0.29) is 5.56 Å². The third kappa shape index (κ3) is 3.48. The number of ether oxygens (including phenoxy) is 1. The predicted molar refractivity (Wildman–Crippen MR) is 73.9 cm³/mol. The molecule has 0 atom stereocenters. The van der Waals surface area contributed by atoms with Gasteiger partial charge < -0.3 is 9.84 Å². The number of carboxylic acid groups (broad SMARTS) is 1. The zero-order valence-electron chi connectivity index (χ0n) is 10.4. The number of carbonyl (C=O) groups is 1. The molecule has 0 saturated heterocycles. The van der Waals surface area contributed by atoms with Gasteiger partial charge in [-0.05, 0) is 48.4 Å². The van der Waals surface area contributed by atoms with E-state index in [9.17, 15) is 4.79 Å². The van der Waals surface area contributed by atoms with Gasteiger partial charge in [-0.2, -0.15) is 0 Å². The van der Waals surface area contributed by atoms with Crippen molar-refractivity contribution < 1.29 is 14.6 Å². The first-order valence-electron chi connectivity index (χ1n) is 5.77. The van der Waals surface area contributed by atoms with Gasteiger partial charge in [0.05, 0.1) is 5.56 Å². The summed E-state index contributed by atoms with van der Waals surface area (Å²) >= 11 is 5.87. The molecule has 2 rings (SSSR count). The van der Waals surface area contributed by atoms with E-state index in [4.69, 9.17) is 21.4 Å². The zero-order valence-corrected chi connectivity index (χ0v) is 11.1. The van der Waals surface area contributed by atoms with E-state index in [0.717, 1.165) is 16.9 Å². The highest BCUT2D eigenvalue weighted by atomic mass is 35.5. The van der Waals surface area contributed by atoms with E-state index in [1.165, 1.54) is 0 Å². The average molecular weight is 277 g/mol. The molecule has 0 radical (unpaired) electrons. The fraction of sp³-hybridized carbons (Fsp3) is 0.133. The van der Waals surface area contributed by atoms with Gasteiger partial charge in [-0.1, -0.05) is 23.7 Å². The lowest BCUT2D eigenvalue weighted by molar-refractivity contribution is 0.0696. The first-order valence-corrected chi connectivity index (χ1v) is 6.15. The molecule has 0 spiro atoms. The maximum absolute atomic E-state index is 10.9. The smallest absolute Gasteiger partial charge is 0.335 e. The fourth-order valence-corrected chi connectivity index (χ4v) is 1.96. The molecular formula is C15H13ClO3. The summed E-state index contributed by atoms with van der Waals surface area (Å²) in [4.78, 5) is 10.9. The number of aromatic carboxylic acids is 1. The number of hydrogen-bond donors (Lipinski definition) is 1. The van der Waals surface area contributed by atoms with Crippen molar-refractivity contribution in [3.8, 4) is 5.75 Å². The van der Waals surface area contributed by atoms with E-state index in [2.05, 4.69) is 0 Å². The summed E-state index contributed by atoms with van der Waals surface area (Å²) in [5.41, 5.74) is 2.02. The Morgan fingerprint density at radius 3 is 2.74 bits per heavy atom. The van der Waals surface area contributed by atoms with Crippen LogP contribution in [0.25, 0.3) is 0 Å². The van der Waals surface area contributed by atoms with Crippen LogP contribution < -0.4 is 4.74 Å². The minimum atomic E-state index is -0.940. The molecule has 0 saturated carbocycles. The number of hydrogen-bond acceptors (Lipinski definition) is 2. The lowest BCUT2D eigenvalue weighted by atomic mass is 10.1. The molecule has 19 heavy (non-hydrogen) atoms. The van der Waals surface area contributed by atoms with Crippen LogP contribution in [0.1, 0.15) is 21.5 Å². The quantitative estimate of drug-likeness (QED) is 0.920. The van der Waals surface area contributed by atoms with Crippen LogP contribution >= 0.6 is 11.6 Å². The standard InChI is InChI=1S/C15H13ClO3/c1-10-7-13(16)5-6-14(10)19-9-11-3-2-4-12(8-11)15(17)18/h2-8H,9H2,1H3,(H,17,18). The monoisotopic (exact) mass is 276 g/mol. The van der Waals surface area contributed by atoms with Crippen LogP contribution in [0.3, 0.4) is 0 Å². The van der Waals surface area contributed by atoms with Gasteiger partial charge in [-0.25, -0.2) is 4.79 Å². The summed E-state index contributed by atoms with van der Waals surface area (Å²) in [5, 5.41) is 9.58. The molecule has 2 aromatic carbocycles. The molecule has 0 fully saturated rings. The number of benzene rings is 2. The lowest BCUT2D eigenvalue weighted by Gasteiger charge is -2.09. The number of rotatable bonds is 4. The summed E-state index contributed by atoms with van der Waals surface area (Å²) in [6, 6.07) is 12.1. The molecule has 0 bridgehead atoms. The van der Waals surface area contributed by atoms with Gasteiger partial charge in [0.15, 0.2) is 0 Å². The molecule has 1 N–H and O–H groups in total. The Morgan fingerprint density at radius 2 is 2.05 bits per heavy atom. The molecule has 4 heteroatoms. The number of aryl methyl sites for hydroxylation is 1. The van der Waals surface area contributed by atoms with E-state index in [1.54, 1.807) is 30.3 Å². The van der Waals surface area contributed by atoms with Gasteiger partial charge >= 0.3 is 5.97 Å². The Morgan fingerprint density at radius 1 is 1.26 bits per heavy atom. The normalized spacial score (nSPS) is 10.2. The Bertz CT molecular complexity index is 608. The second-order valence-electron chi connectivity index (χ2n) is 4.20. The third-order valence-corrected chi connectivity index (χ3v) is 2.94. The molecule has 98 valence electrons. The van der Waals surface area contributed by atoms with E-state index in [0.29, 0.717) is 11.6 Å². The molecule has 0 aromatic heterocycles. The van der Waals surface area contributed by atoms with Crippen LogP contribution in [0.15, 0.2) is 42.5 Å². The number of carboxylic acids is 1. The zero-order chi connectivity index (χ0) is 13.8. The van der Waals surface area contributed by atoms with Gasteiger partial charge in [0.25, 0.3) is 0 Å². The van der Waals surface area contributed by atoms with Crippen LogP contribution in [0.5, 0.6) is 5.75 Å². The van der Waals surface area contributed by atoms with E-state index < -0.39 is 5.97 Å². The molecule has 0 amide bonds. The van der Waals surface area contributed by atoms with Crippen molar-refractivity contribution in [1.29, 1.82) is 0 Å². The average Bonchev–Trinajstić information content (AvgIpc) is 2.38. The largest absolute Gasteiger partial charge is 0.489 e. The summed E-state index contributed by atoms with van der Waals surface area (Å²) in [7, 11) is 0. The SMILES string of the molecule is Cc1cc(Cl)ccc1OCc1cccc(C(=O)O)c1. The van der Waals surface area contributed by atoms with Gasteiger partial charge in [0.2, 0.25) is 0 Å². The van der Waals surface area contributed by atoms with E-state index in [1.807, 2.05) is 19.1 Å². The molecular weight excluding hydrogens is 264 g/mol. The minimum Gasteiger partial charge on any atom is -0.489 e. The predicted octanol–water partition coefficient (Wildman–Crippen LogP) is 3.93. The summed E-state index contributed by atoms with van der Waals surface area (Å²) in [6.07, 6.45) is 0.